The fourth-order valence-corrected chi connectivity index (χ4v) is 2.02. The molecule has 0 aliphatic carbocycles. The number of ether oxygens (including phenoxy) is 1. The molecule has 0 aromatic heterocycles. The van der Waals surface area contributed by atoms with Gasteiger partial charge in [0.15, 0.2) is 0 Å². The molecule has 5 heteroatoms. The van der Waals surface area contributed by atoms with Gasteiger partial charge in [-0.3, -0.25) is 0 Å². The largest absolute Gasteiger partial charge is 0.494 e. The maximum atomic E-state index is 11.7. The van der Waals surface area contributed by atoms with Gasteiger partial charge in [0, 0.05) is 12.2 Å². The lowest BCUT2D eigenvalue weighted by atomic mass is 10.3. The van der Waals surface area contributed by atoms with Crippen molar-refractivity contribution < 1.29 is 9.53 Å². The minimum Gasteiger partial charge on any atom is -0.494 e. The number of hydrogen-bond acceptors (Lipinski definition) is 3. The van der Waals surface area contributed by atoms with Crippen LogP contribution in [0.3, 0.4) is 0 Å². The summed E-state index contributed by atoms with van der Waals surface area (Å²) in [5, 5.41) is 5.67. The Bertz CT molecular complexity index is 402. The van der Waals surface area contributed by atoms with Gasteiger partial charge in [-0.25, -0.2) is 4.79 Å². The highest BCUT2D eigenvalue weighted by molar-refractivity contribution is 5.89. The zero-order chi connectivity index (χ0) is 15.5. The van der Waals surface area contributed by atoms with E-state index in [1.54, 1.807) is 0 Å². The van der Waals surface area contributed by atoms with Gasteiger partial charge in [-0.2, -0.15) is 0 Å². The highest BCUT2D eigenvalue weighted by Gasteiger charge is 2.02. The maximum Gasteiger partial charge on any atom is 0.319 e. The average Bonchev–Trinajstić information content (AvgIpc) is 2.50. The summed E-state index contributed by atoms with van der Waals surface area (Å²) in [6.07, 6.45) is 0.957. The van der Waals surface area contributed by atoms with Crippen LogP contribution in [0.15, 0.2) is 24.3 Å². The van der Waals surface area contributed by atoms with Crippen molar-refractivity contribution in [1.29, 1.82) is 0 Å². The summed E-state index contributed by atoms with van der Waals surface area (Å²) in [5.74, 6) is 0.808. The van der Waals surface area contributed by atoms with Crippen LogP contribution in [0.5, 0.6) is 5.75 Å². The van der Waals surface area contributed by atoms with Crippen molar-refractivity contribution in [3.05, 3.63) is 24.3 Å². The van der Waals surface area contributed by atoms with Gasteiger partial charge in [0.1, 0.15) is 5.75 Å². The quantitative estimate of drug-likeness (QED) is 0.688. The number of hydrogen-bond donors (Lipinski definition) is 2. The summed E-state index contributed by atoms with van der Waals surface area (Å²) in [4.78, 5) is 14.1. The minimum atomic E-state index is -0.168. The molecule has 0 spiro atoms. The van der Waals surface area contributed by atoms with Crippen molar-refractivity contribution in [1.82, 2.24) is 10.2 Å². The fourth-order valence-electron chi connectivity index (χ4n) is 2.02. The van der Waals surface area contributed by atoms with Gasteiger partial charge < -0.3 is 20.3 Å². The van der Waals surface area contributed by atoms with Crippen LogP contribution in [0.25, 0.3) is 0 Å². The number of nitrogens with one attached hydrogen (secondary N) is 2. The third-order valence-electron chi connectivity index (χ3n) is 3.25. The molecule has 1 rings (SSSR count). The third kappa shape index (κ3) is 6.99. The van der Waals surface area contributed by atoms with Crippen molar-refractivity contribution in [3.8, 4) is 5.75 Å². The van der Waals surface area contributed by atoms with Gasteiger partial charge in [0.05, 0.1) is 6.61 Å². The first-order chi connectivity index (χ1) is 10.2. The molecule has 5 nitrogen and oxygen atoms in total. The van der Waals surface area contributed by atoms with E-state index in [2.05, 4.69) is 29.4 Å². The third-order valence-corrected chi connectivity index (χ3v) is 3.25. The SMILES string of the molecule is CCOc1ccc(NC(=O)NCCCN(CC)CC)cc1. The summed E-state index contributed by atoms with van der Waals surface area (Å²) < 4.78 is 5.36. The van der Waals surface area contributed by atoms with Crippen LogP contribution in [0.1, 0.15) is 27.2 Å². The second-order valence-electron chi connectivity index (χ2n) is 4.72. The normalized spacial score (nSPS) is 10.5. The molecule has 0 saturated heterocycles. The topological polar surface area (TPSA) is 53.6 Å². The molecule has 1 aromatic carbocycles. The lowest BCUT2D eigenvalue weighted by molar-refractivity contribution is 0.250. The standard InChI is InChI=1S/C16H27N3O2/c1-4-19(5-2)13-7-12-17-16(20)18-14-8-10-15(11-9-14)21-6-3/h8-11H,4-7,12-13H2,1-3H3,(H2,17,18,20). The number of anilines is 1. The zero-order valence-corrected chi connectivity index (χ0v) is 13.3. The second kappa shape index (κ2) is 10.0. The summed E-state index contributed by atoms with van der Waals surface area (Å²) in [7, 11) is 0. The predicted molar refractivity (Wildman–Crippen MR) is 87.0 cm³/mol. The first kappa shape index (κ1) is 17.3. The zero-order valence-electron chi connectivity index (χ0n) is 13.3. The van der Waals surface area contributed by atoms with E-state index in [9.17, 15) is 4.79 Å². The van der Waals surface area contributed by atoms with E-state index in [-0.39, 0.29) is 6.03 Å². The second-order valence-corrected chi connectivity index (χ2v) is 4.72. The molecule has 0 bridgehead atoms. The lowest BCUT2D eigenvalue weighted by Crippen LogP contribution is -2.32. The number of benzene rings is 1. The fraction of sp³-hybridized carbons (Fsp3) is 0.562. The van der Waals surface area contributed by atoms with Crippen molar-refractivity contribution in [3.63, 3.8) is 0 Å². The van der Waals surface area contributed by atoms with E-state index in [1.165, 1.54) is 0 Å². The molecular formula is C16H27N3O2. The van der Waals surface area contributed by atoms with Crippen LogP contribution in [-0.2, 0) is 0 Å². The predicted octanol–water partition coefficient (Wildman–Crippen LogP) is 2.94. The van der Waals surface area contributed by atoms with Crippen molar-refractivity contribution in [2.24, 2.45) is 0 Å². The highest BCUT2D eigenvalue weighted by atomic mass is 16.5. The molecule has 118 valence electrons. The van der Waals surface area contributed by atoms with Gasteiger partial charge in [-0.1, -0.05) is 13.8 Å². The van der Waals surface area contributed by atoms with Gasteiger partial charge in [-0.15, -0.1) is 0 Å². The molecule has 0 aliphatic heterocycles. The molecule has 0 radical (unpaired) electrons. The Morgan fingerprint density at radius 2 is 1.81 bits per heavy atom. The Hall–Kier alpha value is -1.75. The molecule has 0 saturated carbocycles. The van der Waals surface area contributed by atoms with E-state index in [0.717, 1.165) is 37.5 Å². The van der Waals surface area contributed by atoms with Crippen LogP contribution in [-0.4, -0.2) is 43.7 Å². The Morgan fingerprint density at radius 1 is 1.14 bits per heavy atom. The number of carbonyl (C=O) groups is 1. The molecular weight excluding hydrogens is 266 g/mol. The molecule has 0 unspecified atom stereocenters. The van der Waals surface area contributed by atoms with E-state index in [1.807, 2.05) is 31.2 Å². The molecule has 1 aromatic rings. The first-order valence-electron chi connectivity index (χ1n) is 7.69. The summed E-state index contributed by atoms with van der Waals surface area (Å²) in [6.45, 7) is 10.7. The van der Waals surface area contributed by atoms with E-state index < -0.39 is 0 Å². The minimum absolute atomic E-state index is 0.168. The Balaban J connectivity index is 2.24. The summed E-state index contributed by atoms with van der Waals surface area (Å²) in [5.41, 5.74) is 0.764. The molecule has 0 fully saturated rings. The number of rotatable bonds is 9. The average molecular weight is 293 g/mol. The van der Waals surface area contributed by atoms with E-state index in [4.69, 9.17) is 4.74 Å². The van der Waals surface area contributed by atoms with E-state index >= 15 is 0 Å². The smallest absolute Gasteiger partial charge is 0.319 e. The highest BCUT2D eigenvalue weighted by Crippen LogP contribution is 2.15. The monoisotopic (exact) mass is 293 g/mol. The maximum absolute atomic E-state index is 11.7. The summed E-state index contributed by atoms with van der Waals surface area (Å²) >= 11 is 0. The Kier molecular flexibility index (Phi) is 8.28. The van der Waals surface area contributed by atoms with Gasteiger partial charge >= 0.3 is 6.03 Å². The number of amides is 2. The van der Waals surface area contributed by atoms with Gasteiger partial charge in [-0.05, 0) is 57.2 Å². The van der Waals surface area contributed by atoms with Crippen LogP contribution in [0.4, 0.5) is 10.5 Å². The number of urea groups is 1. The molecule has 0 heterocycles. The Morgan fingerprint density at radius 3 is 2.38 bits per heavy atom. The molecule has 21 heavy (non-hydrogen) atoms. The van der Waals surface area contributed by atoms with Crippen LogP contribution < -0.4 is 15.4 Å². The Labute approximate surface area is 127 Å². The number of nitrogens with zero attached hydrogens (tertiary/aromatic N) is 1. The summed E-state index contributed by atoms with van der Waals surface area (Å²) in [6, 6.07) is 7.19. The molecule has 0 aliphatic rings. The molecule has 0 atom stereocenters. The van der Waals surface area contributed by atoms with E-state index in [0.29, 0.717) is 13.2 Å². The van der Waals surface area contributed by atoms with Crippen LogP contribution in [0, 0.1) is 0 Å². The number of carbonyl (C=O) groups excluding carboxylic acids is 1. The lowest BCUT2D eigenvalue weighted by Gasteiger charge is -2.17. The van der Waals surface area contributed by atoms with Crippen molar-refractivity contribution >= 4 is 11.7 Å². The van der Waals surface area contributed by atoms with Crippen molar-refractivity contribution in [2.45, 2.75) is 27.2 Å². The van der Waals surface area contributed by atoms with Crippen molar-refractivity contribution in [2.75, 3.05) is 38.1 Å². The first-order valence-corrected chi connectivity index (χ1v) is 7.69. The van der Waals surface area contributed by atoms with Gasteiger partial charge in [0.2, 0.25) is 0 Å². The van der Waals surface area contributed by atoms with Crippen LogP contribution in [0.2, 0.25) is 0 Å². The van der Waals surface area contributed by atoms with Crippen LogP contribution >= 0.6 is 0 Å². The van der Waals surface area contributed by atoms with Gasteiger partial charge in [0.25, 0.3) is 0 Å². The molecule has 2 N–H and O–H groups in total. The molecule has 2 amide bonds.